The number of rotatable bonds is 6. The monoisotopic (exact) mass is 463 g/mol. The van der Waals surface area contributed by atoms with Crippen molar-refractivity contribution in [1.82, 2.24) is 9.55 Å². The highest BCUT2D eigenvalue weighted by molar-refractivity contribution is 8.00. The molecule has 0 aliphatic rings. The molecule has 0 saturated carbocycles. The number of aromatic nitrogens is 2. The third kappa shape index (κ3) is 4.75. The number of carbonyl (C=O) groups is 1. The van der Waals surface area contributed by atoms with E-state index in [1.807, 2.05) is 19.1 Å². The molecule has 168 valence electrons. The van der Waals surface area contributed by atoms with E-state index in [9.17, 15) is 14.0 Å². The molecule has 0 radical (unpaired) electrons. The maximum absolute atomic E-state index is 13.5. The van der Waals surface area contributed by atoms with Crippen LogP contribution in [0.3, 0.4) is 0 Å². The van der Waals surface area contributed by atoms with Gasteiger partial charge in [0.15, 0.2) is 5.16 Å². The van der Waals surface area contributed by atoms with Crippen molar-refractivity contribution in [2.24, 2.45) is 0 Å². The predicted molar refractivity (Wildman–Crippen MR) is 129 cm³/mol. The van der Waals surface area contributed by atoms with Crippen molar-refractivity contribution in [3.8, 4) is 11.4 Å². The van der Waals surface area contributed by atoms with Gasteiger partial charge in [0.25, 0.3) is 5.56 Å². The molecule has 0 bridgehead atoms. The highest BCUT2D eigenvalue weighted by atomic mass is 32.2. The third-order valence-corrected chi connectivity index (χ3v) is 6.15. The number of hydrogen-bond acceptors (Lipinski definition) is 5. The van der Waals surface area contributed by atoms with Crippen molar-refractivity contribution in [2.45, 2.75) is 24.3 Å². The minimum Gasteiger partial charge on any atom is -0.495 e. The number of halogens is 1. The number of aryl methyl sites for hydroxylation is 1. The largest absolute Gasteiger partial charge is 0.495 e. The Morgan fingerprint density at radius 1 is 1.12 bits per heavy atom. The molecule has 1 aromatic heterocycles. The van der Waals surface area contributed by atoms with Gasteiger partial charge in [-0.15, -0.1) is 0 Å². The van der Waals surface area contributed by atoms with Crippen LogP contribution in [0.15, 0.2) is 76.7 Å². The Morgan fingerprint density at radius 2 is 1.85 bits per heavy atom. The number of nitrogens with one attached hydrogen (secondary N) is 1. The van der Waals surface area contributed by atoms with Crippen LogP contribution in [0.5, 0.6) is 5.75 Å². The molecule has 0 fully saturated rings. The quantitative estimate of drug-likeness (QED) is 0.323. The van der Waals surface area contributed by atoms with Crippen LogP contribution in [0.4, 0.5) is 10.1 Å². The molecule has 1 atom stereocenters. The average Bonchev–Trinajstić information content (AvgIpc) is 2.80. The number of methoxy groups -OCH3 is 1. The first-order valence-corrected chi connectivity index (χ1v) is 11.1. The van der Waals surface area contributed by atoms with E-state index in [0.29, 0.717) is 33.2 Å². The molecular weight excluding hydrogens is 441 g/mol. The smallest absolute Gasteiger partial charge is 0.266 e. The molecule has 33 heavy (non-hydrogen) atoms. The van der Waals surface area contributed by atoms with Gasteiger partial charge in [0.1, 0.15) is 11.6 Å². The summed E-state index contributed by atoms with van der Waals surface area (Å²) in [6, 6.07) is 18.1. The molecule has 0 saturated heterocycles. The number of nitrogens with zero attached hydrogens (tertiary/aromatic N) is 2. The second kappa shape index (κ2) is 9.46. The molecule has 1 N–H and O–H groups in total. The van der Waals surface area contributed by atoms with Gasteiger partial charge in [-0.3, -0.25) is 14.2 Å². The van der Waals surface area contributed by atoms with Crippen LogP contribution >= 0.6 is 11.8 Å². The van der Waals surface area contributed by atoms with E-state index in [2.05, 4.69) is 10.3 Å². The molecular formula is C25H22FN3O3S. The fraction of sp³-hybridized carbons (Fsp3) is 0.160. The molecule has 0 aliphatic heterocycles. The van der Waals surface area contributed by atoms with E-state index in [-0.39, 0.29) is 11.5 Å². The lowest BCUT2D eigenvalue weighted by atomic mass is 10.2. The first-order valence-electron chi connectivity index (χ1n) is 10.3. The van der Waals surface area contributed by atoms with Gasteiger partial charge in [-0.05, 0) is 67.9 Å². The topological polar surface area (TPSA) is 73.2 Å². The molecule has 8 heteroatoms. The summed E-state index contributed by atoms with van der Waals surface area (Å²) in [7, 11) is 1.54. The van der Waals surface area contributed by atoms with Gasteiger partial charge in [0.05, 0.1) is 34.6 Å². The van der Waals surface area contributed by atoms with Gasteiger partial charge in [0, 0.05) is 0 Å². The van der Waals surface area contributed by atoms with Crippen molar-refractivity contribution >= 4 is 34.3 Å². The Kier molecular flexibility index (Phi) is 6.46. The van der Waals surface area contributed by atoms with Crippen molar-refractivity contribution in [1.29, 1.82) is 0 Å². The van der Waals surface area contributed by atoms with E-state index in [0.717, 1.165) is 17.3 Å². The van der Waals surface area contributed by atoms with Crippen LogP contribution in [0.2, 0.25) is 0 Å². The van der Waals surface area contributed by atoms with Gasteiger partial charge in [-0.2, -0.15) is 0 Å². The lowest BCUT2D eigenvalue weighted by Crippen LogP contribution is -2.26. The molecule has 4 aromatic rings. The van der Waals surface area contributed by atoms with E-state index >= 15 is 0 Å². The molecule has 0 aliphatic carbocycles. The standard InChI is InChI=1S/C25H22FN3O3S/c1-15-8-13-22(32-3)21(14-15)27-23(30)16(2)33-25-28-20-7-5-4-6-19(20)24(31)29(25)18-11-9-17(26)10-12-18/h4-14,16H,1-3H3,(H,27,30). The SMILES string of the molecule is COc1ccc(C)cc1NC(=O)C(C)Sc1nc2ccccc2c(=O)n1-c1ccc(F)cc1. The first kappa shape index (κ1) is 22.5. The van der Waals surface area contributed by atoms with Crippen LogP contribution in [-0.2, 0) is 4.79 Å². The zero-order valence-corrected chi connectivity index (χ0v) is 19.2. The van der Waals surface area contributed by atoms with Crippen molar-refractivity contribution in [3.05, 3.63) is 88.5 Å². The summed E-state index contributed by atoms with van der Waals surface area (Å²) in [5.74, 6) is -0.121. The van der Waals surface area contributed by atoms with Crippen LogP contribution in [0.25, 0.3) is 16.6 Å². The summed E-state index contributed by atoms with van der Waals surface area (Å²) in [6.45, 7) is 3.66. The maximum atomic E-state index is 13.5. The number of para-hydroxylation sites is 1. The van der Waals surface area contributed by atoms with Crippen LogP contribution in [0, 0.1) is 12.7 Å². The number of ether oxygens (including phenoxy) is 1. The Labute approximate surface area is 194 Å². The number of anilines is 1. The van der Waals surface area contributed by atoms with Gasteiger partial charge in [-0.25, -0.2) is 9.37 Å². The Bertz CT molecular complexity index is 1390. The lowest BCUT2D eigenvalue weighted by Gasteiger charge is -2.17. The minimum atomic E-state index is -0.588. The Balaban J connectivity index is 1.71. The fourth-order valence-corrected chi connectivity index (χ4v) is 4.30. The van der Waals surface area contributed by atoms with Crippen LogP contribution in [-0.4, -0.2) is 27.8 Å². The summed E-state index contributed by atoms with van der Waals surface area (Å²) in [6.07, 6.45) is 0. The van der Waals surface area contributed by atoms with Gasteiger partial charge >= 0.3 is 0 Å². The lowest BCUT2D eigenvalue weighted by molar-refractivity contribution is -0.115. The second-order valence-electron chi connectivity index (χ2n) is 7.48. The zero-order valence-electron chi connectivity index (χ0n) is 18.3. The number of carbonyl (C=O) groups excluding carboxylic acids is 1. The van der Waals surface area contributed by atoms with E-state index in [4.69, 9.17) is 4.74 Å². The number of fused-ring (bicyclic) bond motifs is 1. The Hall–Kier alpha value is -3.65. The number of amides is 1. The van der Waals surface area contributed by atoms with Gasteiger partial charge < -0.3 is 10.1 Å². The highest BCUT2D eigenvalue weighted by Crippen LogP contribution is 2.29. The molecule has 3 aromatic carbocycles. The molecule has 4 rings (SSSR count). The molecule has 1 heterocycles. The van der Waals surface area contributed by atoms with E-state index in [1.165, 1.54) is 28.8 Å². The van der Waals surface area contributed by atoms with Crippen LogP contribution < -0.4 is 15.6 Å². The molecule has 1 amide bonds. The molecule has 0 spiro atoms. The predicted octanol–water partition coefficient (Wildman–Crippen LogP) is 4.96. The normalized spacial score (nSPS) is 11.9. The highest BCUT2D eigenvalue weighted by Gasteiger charge is 2.21. The fourth-order valence-electron chi connectivity index (χ4n) is 3.37. The van der Waals surface area contributed by atoms with Gasteiger partial charge in [-0.1, -0.05) is 30.0 Å². The van der Waals surface area contributed by atoms with E-state index < -0.39 is 11.1 Å². The summed E-state index contributed by atoms with van der Waals surface area (Å²) >= 11 is 1.15. The Morgan fingerprint density at radius 3 is 2.58 bits per heavy atom. The second-order valence-corrected chi connectivity index (χ2v) is 8.79. The maximum Gasteiger partial charge on any atom is 0.266 e. The summed E-state index contributed by atoms with van der Waals surface area (Å²) < 4.78 is 20.2. The van der Waals surface area contributed by atoms with Gasteiger partial charge in [0.2, 0.25) is 5.91 Å². The van der Waals surface area contributed by atoms with Crippen molar-refractivity contribution in [3.63, 3.8) is 0 Å². The van der Waals surface area contributed by atoms with Crippen molar-refractivity contribution in [2.75, 3.05) is 12.4 Å². The minimum absolute atomic E-state index is 0.267. The number of benzene rings is 3. The first-order chi connectivity index (χ1) is 15.9. The van der Waals surface area contributed by atoms with E-state index in [1.54, 1.807) is 44.4 Å². The summed E-state index contributed by atoms with van der Waals surface area (Å²) in [5.41, 5.74) is 2.25. The van der Waals surface area contributed by atoms with Crippen LogP contribution in [0.1, 0.15) is 12.5 Å². The van der Waals surface area contributed by atoms with Crippen molar-refractivity contribution < 1.29 is 13.9 Å². The summed E-state index contributed by atoms with van der Waals surface area (Å²) in [5, 5.41) is 3.08. The number of hydrogen-bond donors (Lipinski definition) is 1. The number of thioether (sulfide) groups is 1. The zero-order chi connectivity index (χ0) is 23.5. The average molecular weight is 464 g/mol. The third-order valence-electron chi connectivity index (χ3n) is 5.09. The molecule has 6 nitrogen and oxygen atoms in total. The molecule has 1 unspecified atom stereocenters. The summed E-state index contributed by atoms with van der Waals surface area (Å²) in [4.78, 5) is 30.9.